The maximum atomic E-state index is 5.43. The van der Waals surface area contributed by atoms with Gasteiger partial charge in [0.1, 0.15) is 11.5 Å². The summed E-state index contributed by atoms with van der Waals surface area (Å²) in [7, 11) is 0. The Kier molecular flexibility index (Phi) is 5.92. The third kappa shape index (κ3) is 4.33. The summed E-state index contributed by atoms with van der Waals surface area (Å²) in [6.07, 6.45) is 3.14. The predicted molar refractivity (Wildman–Crippen MR) is 120 cm³/mol. The minimum Gasteiger partial charge on any atom is -0.379 e. The molecule has 3 aromatic rings. The van der Waals surface area contributed by atoms with E-state index in [2.05, 4.69) is 54.1 Å². The van der Waals surface area contributed by atoms with E-state index in [1.54, 1.807) is 0 Å². The number of benzene rings is 1. The van der Waals surface area contributed by atoms with Crippen LogP contribution in [0.25, 0.3) is 22.2 Å². The molecule has 1 aromatic carbocycles. The van der Waals surface area contributed by atoms with Crippen LogP contribution in [0, 0.1) is 0 Å². The molecular weight excluding hydrogens is 376 g/mol. The highest BCUT2D eigenvalue weighted by molar-refractivity contribution is 5.93. The maximum Gasteiger partial charge on any atom is 0.129 e. The normalized spacial score (nSPS) is 18.9. The van der Waals surface area contributed by atoms with Gasteiger partial charge >= 0.3 is 0 Å². The van der Waals surface area contributed by atoms with Gasteiger partial charge in [0, 0.05) is 56.4 Å². The molecule has 0 aliphatic carbocycles. The van der Waals surface area contributed by atoms with Gasteiger partial charge in [0.25, 0.3) is 0 Å². The molecule has 0 bridgehead atoms. The maximum absolute atomic E-state index is 5.43. The van der Waals surface area contributed by atoms with Crippen molar-refractivity contribution in [2.75, 3.05) is 70.5 Å². The minimum absolute atomic E-state index is 0.888. The van der Waals surface area contributed by atoms with Gasteiger partial charge in [0.2, 0.25) is 0 Å². The Labute approximate surface area is 177 Å². The van der Waals surface area contributed by atoms with Crippen molar-refractivity contribution < 1.29 is 4.74 Å². The first-order valence-corrected chi connectivity index (χ1v) is 11.0. The highest BCUT2D eigenvalue weighted by atomic mass is 16.5. The number of rotatable bonds is 6. The van der Waals surface area contributed by atoms with Crippen LogP contribution in [0.3, 0.4) is 0 Å². The van der Waals surface area contributed by atoms with Crippen molar-refractivity contribution in [3.05, 3.63) is 42.6 Å². The van der Waals surface area contributed by atoms with Gasteiger partial charge in [0.05, 0.1) is 18.7 Å². The summed E-state index contributed by atoms with van der Waals surface area (Å²) in [6.45, 7) is 10.5. The van der Waals surface area contributed by atoms with Crippen LogP contribution in [0.4, 0.5) is 5.82 Å². The summed E-state index contributed by atoms with van der Waals surface area (Å²) in [6, 6.07) is 12.5. The van der Waals surface area contributed by atoms with E-state index in [0.29, 0.717) is 0 Å². The van der Waals surface area contributed by atoms with E-state index >= 15 is 0 Å². The second-order valence-corrected chi connectivity index (χ2v) is 8.16. The zero-order chi connectivity index (χ0) is 20.2. The zero-order valence-electron chi connectivity index (χ0n) is 17.5. The van der Waals surface area contributed by atoms with Gasteiger partial charge in [0.15, 0.2) is 0 Å². The van der Waals surface area contributed by atoms with Crippen molar-refractivity contribution in [2.45, 2.75) is 6.42 Å². The van der Waals surface area contributed by atoms with Crippen LogP contribution in [0.1, 0.15) is 6.42 Å². The van der Waals surface area contributed by atoms with Crippen LogP contribution < -0.4 is 4.90 Å². The third-order valence-corrected chi connectivity index (χ3v) is 6.24. The number of para-hydroxylation sites is 1. The summed E-state index contributed by atoms with van der Waals surface area (Å²) < 4.78 is 5.43. The molecule has 7 heteroatoms. The number of anilines is 1. The van der Waals surface area contributed by atoms with Gasteiger partial charge in [-0.25, -0.2) is 4.98 Å². The minimum atomic E-state index is 0.888. The highest BCUT2D eigenvalue weighted by Crippen LogP contribution is 2.28. The molecule has 0 unspecified atom stereocenters. The Hall–Kier alpha value is -2.48. The molecule has 0 amide bonds. The van der Waals surface area contributed by atoms with Crippen molar-refractivity contribution >= 4 is 16.7 Å². The quantitative estimate of drug-likeness (QED) is 0.679. The molecule has 0 radical (unpaired) electrons. The third-order valence-electron chi connectivity index (χ3n) is 6.24. The molecule has 30 heavy (non-hydrogen) atoms. The monoisotopic (exact) mass is 406 g/mol. The van der Waals surface area contributed by atoms with Gasteiger partial charge < -0.3 is 9.64 Å². The van der Waals surface area contributed by atoms with E-state index in [9.17, 15) is 0 Å². The fraction of sp³-hybridized carbons (Fsp3) is 0.478. The average molecular weight is 407 g/mol. The smallest absolute Gasteiger partial charge is 0.129 e. The van der Waals surface area contributed by atoms with Crippen LogP contribution in [0.15, 0.2) is 42.6 Å². The lowest BCUT2D eigenvalue weighted by Gasteiger charge is -2.36. The Morgan fingerprint density at radius 3 is 2.50 bits per heavy atom. The van der Waals surface area contributed by atoms with Crippen LogP contribution in [0.2, 0.25) is 0 Å². The number of piperazine rings is 1. The Morgan fingerprint density at radius 2 is 1.67 bits per heavy atom. The van der Waals surface area contributed by atoms with Crippen LogP contribution in [-0.4, -0.2) is 90.6 Å². The van der Waals surface area contributed by atoms with Crippen LogP contribution >= 0.6 is 0 Å². The van der Waals surface area contributed by atoms with E-state index < -0.39 is 0 Å². The first kappa shape index (κ1) is 19.5. The van der Waals surface area contributed by atoms with E-state index in [1.165, 1.54) is 19.5 Å². The molecule has 0 atom stereocenters. The van der Waals surface area contributed by atoms with E-state index in [0.717, 1.165) is 80.5 Å². The number of fused-ring (bicyclic) bond motifs is 1. The topological polar surface area (TPSA) is 60.5 Å². The molecule has 1 N–H and O–H groups in total. The number of aromatic amines is 1. The van der Waals surface area contributed by atoms with Crippen molar-refractivity contribution in [3.63, 3.8) is 0 Å². The fourth-order valence-electron chi connectivity index (χ4n) is 4.47. The first-order chi connectivity index (χ1) is 14.9. The van der Waals surface area contributed by atoms with Crippen molar-refractivity contribution in [1.29, 1.82) is 0 Å². The SMILES string of the molecule is c1ccc2c(-c3ccnc(N4CCN(CCCN5CCOCC5)CC4)c3)n[nH]c2c1. The zero-order valence-corrected chi connectivity index (χ0v) is 17.5. The Bertz CT molecular complexity index is 959. The van der Waals surface area contributed by atoms with Gasteiger partial charge in [-0.05, 0) is 37.7 Å². The second-order valence-electron chi connectivity index (χ2n) is 8.16. The highest BCUT2D eigenvalue weighted by Gasteiger charge is 2.19. The van der Waals surface area contributed by atoms with Crippen molar-refractivity contribution in [2.24, 2.45) is 0 Å². The molecule has 0 saturated carbocycles. The molecular formula is C23H30N6O. The van der Waals surface area contributed by atoms with E-state index in [-0.39, 0.29) is 0 Å². The van der Waals surface area contributed by atoms with Gasteiger partial charge in [-0.1, -0.05) is 18.2 Å². The molecule has 4 heterocycles. The lowest BCUT2D eigenvalue weighted by atomic mass is 10.1. The van der Waals surface area contributed by atoms with Gasteiger partial charge in [-0.2, -0.15) is 5.10 Å². The second kappa shape index (κ2) is 9.12. The number of ether oxygens (including phenoxy) is 1. The standard InChI is InChI=1S/C23H30N6O/c1-2-5-21-20(4-1)23(26-25-21)19-6-7-24-22(18-19)29-12-10-27(11-13-29)8-3-9-28-14-16-30-17-15-28/h1-2,4-7,18H,3,8-17H2,(H,25,26). The molecule has 2 saturated heterocycles. The Balaban J connectivity index is 1.17. The molecule has 2 aromatic heterocycles. The molecule has 7 nitrogen and oxygen atoms in total. The van der Waals surface area contributed by atoms with Crippen molar-refractivity contribution in [1.82, 2.24) is 25.0 Å². The first-order valence-electron chi connectivity index (χ1n) is 11.0. The summed E-state index contributed by atoms with van der Waals surface area (Å²) >= 11 is 0. The van der Waals surface area contributed by atoms with Crippen molar-refractivity contribution in [3.8, 4) is 11.3 Å². The molecule has 2 fully saturated rings. The molecule has 158 valence electrons. The number of aromatic nitrogens is 3. The molecule has 2 aliphatic rings. The Morgan fingerprint density at radius 1 is 0.900 bits per heavy atom. The summed E-state index contributed by atoms with van der Waals surface area (Å²) in [5, 5.41) is 8.83. The number of nitrogens with zero attached hydrogens (tertiary/aromatic N) is 5. The number of hydrogen-bond acceptors (Lipinski definition) is 6. The van der Waals surface area contributed by atoms with Gasteiger partial charge in [-0.3, -0.25) is 14.9 Å². The summed E-state index contributed by atoms with van der Waals surface area (Å²) in [4.78, 5) is 12.2. The number of hydrogen-bond donors (Lipinski definition) is 1. The summed E-state index contributed by atoms with van der Waals surface area (Å²) in [5.74, 6) is 1.05. The van der Waals surface area contributed by atoms with Crippen LogP contribution in [0.5, 0.6) is 0 Å². The molecule has 5 rings (SSSR count). The van der Waals surface area contributed by atoms with E-state index in [1.807, 2.05) is 18.3 Å². The van der Waals surface area contributed by atoms with Gasteiger partial charge in [-0.15, -0.1) is 0 Å². The number of morpholine rings is 1. The summed E-state index contributed by atoms with van der Waals surface area (Å²) in [5.41, 5.74) is 3.18. The molecule has 2 aliphatic heterocycles. The van der Waals surface area contributed by atoms with E-state index in [4.69, 9.17) is 4.74 Å². The lowest BCUT2D eigenvalue weighted by Crippen LogP contribution is -2.47. The predicted octanol–water partition coefficient (Wildman–Crippen LogP) is 2.47. The van der Waals surface area contributed by atoms with Crippen LogP contribution in [-0.2, 0) is 4.74 Å². The average Bonchev–Trinajstić information content (AvgIpc) is 3.25. The lowest BCUT2D eigenvalue weighted by molar-refractivity contribution is 0.0360. The molecule has 0 spiro atoms. The fourth-order valence-corrected chi connectivity index (χ4v) is 4.47. The number of H-pyrrole nitrogens is 1. The number of nitrogens with one attached hydrogen (secondary N) is 1. The largest absolute Gasteiger partial charge is 0.379 e. The number of pyridine rings is 1.